The van der Waals surface area contributed by atoms with Gasteiger partial charge in [0.2, 0.25) is 11.8 Å². The minimum Gasteiger partial charge on any atom is -0.360 e. The van der Waals surface area contributed by atoms with Gasteiger partial charge in [-0.2, -0.15) is 0 Å². The van der Waals surface area contributed by atoms with Crippen molar-refractivity contribution in [1.82, 2.24) is 10.1 Å². The molecule has 1 rings (SSSR count). The maximum atomic E-state index is 12.1. The van der Waals surface area contributed by atoms with Crippen LogP contribution in [0.2, 0.25) is 0 Å². The first-order valence-corrected chi connectivity index (χ1v) is 8.03. The summed E-state index contributed by atoms with van der Waals surface area (Å²) in [6, 6.07) is 1.62. The molecule has 1 atom stereocenters. The molecule has 7 heteroatoms. The number of amides is 2. The average molecular weight is 330 g/mol. The van der Waals surface area contributed by atoms with E-state index in [4.69, 9.17) is 16.1 Å². The second-order valence-corrected chi connectivity index (χ2v) is 5.96. The summed E-state index contributed by atoms with van der Waals surface area (Å²) in [5.41, 5.74) is 0. The van der Waals surface area contributed by atoms with Crippen LogP contribution in [-0.4, -0.2) is 40.3 Å². The van der Waals surface area contributed by atoms with Crippen LogP contribution < -0.4 is 5.32 Å². The topological polar surface area (TPSA) is 75.4 Å². The van der Waals surface area contributed by atoms with E-state index in [2.05, 4.69) is 17.4 Å². The number of halogens is 1. The summed E-state index contributed by atoms with van der Waals surface area (Å²) in [5.74, 6) is 0.413. The normalized spacial score (nSPS) is 12.0. The Hall–Kier alpha value is -1.56. The largest absolute Gasteiger partial charge is 0.360 e. The molecule has 0 unspecified atom stereocenters. The van der Waals surface area contributed by atoms with Gasteiger partial charge >= 0.3 is 0 Å². The predicted molar refractivity (Wildman–Crippen MR) is 85.9 cm³/mol. The number of carbonyl (C=O) groups is 2. The van der Waals surface area contributed by atoms with Crippen LogP contribution in [0.3, 0.4) is 0 Å². The van der Waals surface area contributed by atoms with Gasteiger partial charge in [0.05, 0.1) is 6.54 Å². The third kappa shape index (κ3) is 6.47. The van der Waals surface area contributed by atoms with Gasteiger partial charge in [-0.15, -0.1) is 11.6 Å². The zero-order chi connectivity index (χ0) is 16.5. The number of alkyl halides is 1. The molecule has 0 aromatic carbocycles. The molecule has 0 aliphatic carbocycles. The molecule has 124 valence electrons. The average Bonchev–Trinajstić information content (AvgIpc) is 2.86. The van der Waals surface area contributed by atoms with Crippen molar-refractivity contribution in [3.05, 3.63) is 11.8 Å². The molecule has 1 heterocycles. The lowest BCUT2D eigenvalue weighted by Gasteiger charge is -2.23. The highest BCUT2D eigenvalue weighted by Gasteiger charge is 2.21. The zero-order valence-corrected chi connectivity index (χ0v) is 14.2. The lowest BCUT2D eigenvalue weighted by Crippen LogP contribution is -2.41. The smallest absolute Gasteiger partial charge is 0.245 e. The van der Waals surface area contributed by atoms with Crippen molar-refractivity contribution in [3.63, 3.8) is 0 Å². The monoisotopic (exact) mass is 329 g/mol. The quantitative estimate of drug-likeness (QED) is 0.558. The number of unbranched alkanes of at least 4 members (excludes halogenated alkanes) is 3. The molecule has 0 aliphatic rings. The summed E-state index contributed by atoms with van der Waals surface area (Å²) in [4.78, 5) is 25.6. The molecule has 1 aromatic rings. The Labute approximate surface area is 136 Å². The van der Waals surface area contributed by atoms with Crippen molar-refractivity contribution >= 4 is 29.2 Å². The molecule has 0 saturated carbocycles. The van der Waals surface area contributed by atoms with Gasteiger partial charge in [0, 0.05) is 12.6 Å². The van der Waals surface area contributed by atoms with Gasteiger partial charge in [-0.1, -0.05) is 31.3 Å². The number of anilines is 1. The number of aryl methyl sites for hydroxylation is 1. The van der Waals surface area contributed by atoms with Gasteiger partial charge in [-0.3, -0.25) is 9.59 Å². The SMILES string of the molecule is CCCCCCN(CC(=O)Nc1cc(C)on1)C(=O)[C@H](C)Cl. The number of nitrogens with one attached hydrogen (secondary N) is 1. The van der Waals surface area contributed by atoms with Gasteiger partial charge in [0.1, 0.15) is 11.1 Å². The molecule has 0 bridgehead atoms. The lowest BCUT2D eigenvalue weighted by molar-refractivity contribution is -0.134. The van der Waals surface area contributed by atoms with Crippen LogP contribution in [0.4, 0.5) is 5.82 Å². The summed E-state index contributed by atoms with van der Waals surface area (Å²) < 4.78 is 4.88. The second-order valence-electron chi connectivity index (χ2n) is 5.31. The molecule has 2 amide bonds. The van der Waals surface area contributed by atoms with Gasteiger partial charge in [0.25, 0.3) is 0 Å². The Morgan fingerprint density at radius 2 is 2.14 bits per heavy atom. The third-order valence-electron chi connectivity index (χ3n) is 3.16. The fourth-order valence-electron chi connectivity index (χ4n) is 2.03. The molecule has 0 saturated heterocycles. The highest BCUT2D eigenvalue weighted by Crippen LogP contribution is 2.09. The Morgan fingerprint density at radius 3 is 2.68 bits per heavy atom. The fourth-order valence-corrected chi connectivity index (χ4v) is 2.17. The van der Waals surface area contributed by atoms with Crippen LogP contribution in [0.25, 0.3) is 0 Å². The minimum absolute atomic E-state index is 0.0338. The van der Waals surface area contributed by atoms with E-state index in [1.165, 1.54) is 4.90 Å². The molecular weight excluding hydrogens is 306 g/mol. The van der Waals surface area contributed by atoms with E-state index >= 15 is 0 Å². The molecule has 6 nitrogen and oxygen atoms in total. The van der Waals surface area contributed by atoms with Crippen LogP contribution in [0.5, 0.6) is 0 Å². The van der Waals surface area contributed by atoms with E-state index in [1.807, 2.05) is 0 Å². The van der Waals surface area contributed by atoms with Crippen LogP contribution >= 0.6 is 11.6 Å². The standard InChI is InChI=1S/C15H24ClN3O3/c1-4-5-6-7-8-19(15(21)12(3)16)10-14(20)17-13-9-11(2)22-18-13/h9,12H,4-8,10H2,1-3H3,(H,17,18,20)/t12-/m0/s1. The van der Waals surface area contributed by atoms with Crippen molar-refractivity contribution < 1.29 is 14.1 Å². The van der Waals surface area contributed by atoms with Crippen LogP contribution in [0.15, 0.2) is 10.6 Å². The maximum absolute atomic E-state index is 12.1. The molecule has 0 aliphatic heterocycles. The van der Waals surface area contributed by atoms with E-state index in [-0.39, 0.29) is 18.4 Å². The van der Waals surface area contributed by atoms with E-state index < -0.39 is 5.38 Å². The Bertz CT molecular complexity index is 488. The van der Waals surface area contributed by atoms with Gasteiger partial charge in [-0.05, 0) is 20.3 Å². The highest BCUT2D eigenvalue weighted by atomic mass is 35.5. The van der Waals surface area contributed by atoms with Gasteiger partial charge < -0.3 is 14.7 Å². The number of rotatable bonds is 9. The number of carbonyl (C=O) groups excluding carboxylic acids is 2. The van der Waals surface area contributed by atoms with Crippen LogP contribution in [-0.2, 0) is 9.59 Å². The summed E-state index contributed by atoms with van der Waals surface area (Å²) >= 11 is 5.86. The number of hydrogen-bond donors (Lipinski definition) is 1. The van der Waals surface area contributed by atoms with Crippen LogP contribution in [0, 0.1) is 6.92 Å². The molecule has 0 radical (unpaired) electrons. The minimum atomic E-state index is -0.645. The van der Waals surface area contributed by atoms with Crippen molar-refractivity contribution in [2.45, 2.75) is 51.8 Å². The van der Waals surface area contributed by atoms with E-state index in [9.17, 15) is 9.59 Å². The zero-order valence-electron chi connectivity index (χ0n) is 13.4. The van der Waals surface area contributed by atoms with E-state index in [1.54, 1.807) is 19.9 Å². The van der Waals surface area contributed by atoms with Crippen LogP contribution in [0.1, 0.15) is 45.3 Å². The summed E-state index contributed by atoms with van der Waals surface area (Å²) in [6.45, 7) is 5.97. The first kappa shape index (κ1) is 18.5. The maximum Gasteiger partial charge on any atom is 0.245 e. The van der Waals surface area contributed by atoms with Crippen molar-refractivity contribution in [1.29, 1.82) is 0 Å². The fraction of sp³-hybridized carbons (Fsp3) is 0.667. The number of aromatic nitrogens is 1. The lowest BCUT2D eigenvalue weighted by atomic mass is 10.2. The van der Waals surface area contributed by atoms with E-state index in [0.717, 1.165) is 25.7 Å². The first-order valence-electron chi connectivity index (χ1n) is 7.60. The van der Waals surface area contributed by atoms with Crippen molar-refractivity contribution in [2.24, 2.45) is 0 Å². The summed E-state index contributed by atoms with van der Waals surface area (Å²) in [6.07, 6.45) is 4.12. The number of hydrogen-bond acceptors (Lipinski definition) is 4. The molecule has 0 spiro atoms. The van der Waals surface area contributed by atoms with Crippen molar-refractivity contribution in [3.8, 4) is 0 Å². The van der Waals surface area contributed by atoms with Crippen molar-refractivity contribution in [2.75, 3.05) is 18.4 Å². The Kier molecular flexibility index (Phi) is 7.95. The third-order valence-corrected chi connectivity index (χ3v) is 3.35. The predicted octanol–water partition coefficient (Wildman–Crippen LogP) is 2.96. The van der Waals surface area contributed by atoms with Gasteiger partial charge in [0.15, 0.2) is 5.82 Å². The molecule has 0 fully saturated rings. The Balaban J connectivity index is 2.54. The summed E-state index contributed by atoms with van der Waals surface area (Å²) in [7, 11) is 0. The van der Waals surface area contributed by atoms with Gasteiger partial charge in [-0.25, -0.2) is 0 Å². The highest BCUT2D eigenvalue weighted by molar-refractivity contribution is 6.30. The Morgan fingerprint density at radius 1 is 1.41 bits per heavy atom. The summed E-state index contributed by atoms with van der Waals surface area (Å²) in [5, 5.41) is 5.66. The molecular formula is C15H24ClN3O3. The molecule has 1 aromatic heterocycles. The number of nitrogens with zero attached hydrogens (tertiary/aromatic N) is 2. The second kappa shape index (κ2) is 9.46. The molecule has 22 heavy (non-hydrogen) atoms. The van der Waals surface area contributed by atoms with E-state index in [0.29, 0.717) is 18.1 Å². The molecule has 1 N–H and O–H groups in total. The first-order chi connectivity index (χ1) is 10.4.